The van der Waals surface area contributed by atoms with Gasteiger partial charge in [-0.2, -0.15) is 5.26 Å². The third kappa shape index (κ3) is 4.96. The fourth-order valence-electron chi connectivity index (χ4n) is 4.44. The van der Waals surface area contributed by atoms with E-state index in [-0.39, 0.29) is 17.8 Å². The summed E-state index contributed by atoms with van der Waals surface area (Å²) in [6.45, 7) is 5.28. The Morgan fingerprint density at radius 3 is 2.74 bits per heavy atom. The van der Waals surface area contributed by atoms with Crippen LogP contribution in [-0.4, -0.2) is 39.1 Å². The maximum Gasteiger partial charge on any atom is 0.277 e. The van der Waals surface area contributed by atoms with Crippen LogP contribution in [0.2, 0.25) is 0 Å². The number of hydrogen-bond donors (Lipinski definition) is 1. The molecule has 0 aromatic carbocycles. The molecule has 1 unspecified atom stereocenters. The third-order valence-corrected chi connectivity index (χ3v) is 7.13. The summed E-state index contributed by atoms with van der Waals surface area (Å²) >= 11 is 1.23. The van der Waals surface area contributed by atoms with Crippen molar-refractivity contribution in [2.75, 3.05) is 17.7 Å². The van der Waals surface area contributed by atoms with Crippen molar-refractivity contribution in [2.24, 2.45) is 0 Å². The van der Waals surface area contributed by atoms with Gasteiger partial charge in [-0.15, -0.1) is 10.2 Å². The highest BCUT2D eigenvalue weighted by molar-refractivity contribution is 7.99. The van der Waals surface area contributed by atoms with E-state index in [4.69, 9.17) is 9.15 Å². The highest BCUT2D eigenvalue weighted by Gasteiger charge is 2.25. The zero-order valence-corrected chi connectivity index (χ0v) is 19.0. The summed E-state index contributed by atoms with van der Waals surface area (Å²) in [4.78, 5) is 12.7. The number of nitriles is 1. The molecule has 2 aromatic rings. The van der Waals surface area contributed by atoms with Gasteiger partial charge in [0.1, 0.15) is 11.9 Å². The van der Waals surface area contributed by atoms with Crippen LogP contribution in [0, 0.1) is 25.2 Å². The average Bonchev–Trinajstić information content (AvgIpc) is 3.51. The smallest absolute Gasteiger partial charge is 0.277 e. The molecule has 0 bridgehead atoms. The maximum absolute atomic E-state index is 12.7. The van der Waals surface area contributed by atoms with Crippen LogP contribution in [0.25, 0.3) is 0 Å². The molecule has 1 aliphatic carbocycles. The Bertz CT molecular complexity index is 965. The molecule has 2 aliphatic rings. The molecule has 1 aliphatic heterocycles. The van der Waals surface area contributed by atoms with E-state index in [1.807, 2.05) is 18.4 Å². The SMILES string of the molecule is Cc1c(C#N)c(NC(=O)CSc2nnc(C3CCCCC3)o2)n(CC2CCCO2)c1C. The third-order valence-electron chi connectivity index (χ3n) is 6.31. The first-order valence-electron chi connectivity index (χ1n) is 11.0. The molecule has 0 spiro atoms. The lowest BCUT2D eigenvalue weighted by atomic mass is 9.89. The predicted molar refractivity (Wildman–Crippen MR) is 117 cm³/mol. The Morgan fingerprint density at radius 2 is 2.03 bits per heavy atom. The number of ether oxygens (including phenoxy) is 1. The summed E-state index contributed by atoms with van der Waals surface area (Å²) in [5, 5.41) is 21.3. The van der Waals surface area contributed by atoms with Gasteiger partial charge in [-0.1, -0.05) is 31.0 Å². The van der Waals surface area contributed by atoms with Gasteiger partial charge in [0.2, 0.25) is 11.8 Å². The summed E-state index contributed by atoms with van der Waals surface area (Å²) in [6.07, 6.45) is 7.98. The molecule has 1 saturated heterocycles. The number of carbonyl (C=O) groups excluding carboxylic acids is 1. The Kier molecular flexibility index (Phi) is 6.98. The number of thioether (sulfide) groups is 1. The van der Waals surface area contributed by atoms with Crippen LogP contribution in [0.15, 0.2) is 9.64 Å². The van der Waals surface area contributed by atoms with E-state index in [9.17, 15) is 10.1 Å². The van der Waals surface area contributed by atoms with Gasteiger partial charge in [-0.3, -0.25) is 4.79 Å². The van der Waals surface area contributed by atoms with Gasteiger partial charge in [0.05, 0.1) is 24.0 Å². The molecule has 8 nitrogen and oxygen atoms in total. The van der Waals surface area contributed by atoms with Gasteiger partial charge in [0.25, 0.3) is 5.22 Å². The molecule has 3 heterocycles. The normalized spacial score (nSPS) is 19.5. The predicted octanol–water partition coefficient (Wildman–Crippen LogP) is 4.32. The van der Waals surface area contributed by atoms with Crippen LogP contribution in [0.4, 0.5) is 5.82 Å². The van der Waals surface area contributed by atoms with Crippen LogP contribution in [0.3, 0.4) is 0 Å². The zero-order chi connectivity index (χ0) is 21.8. The first kappa shape index (κ1) is 21.9. The van der Waals surface area contributed by atoms with Crippen molar-refractivity contribution in [3.63, 3.8) is 0 Å². The number of amides is 1. The topological polar surface area (TPSA) is 106 Å². The Morgan fingerprint density at radius 1 is 1.23 bits per heavy atom. The van der Waals surface area contributed by atoms with Crippen molar-refractivity contribution in [2.45, 2.75) is 82.6 Å². The molecule has 2 fully saturated rings. The van der Waals surface area contributed by atoms with E-state index in [0.717, 1.165) is 43.5 Å². The van der Waals surface area contributed by atoms with Crippen LogP contribution in [0.5, 0.6) is 0 Å². The Balaban J connectivity index is 1.40. The van der Waals surface area contributed by atoms with Crippen LogP contribution >= 0.6 is 11.8 Å². The van der Waals surface area contributed by atoms with Crippen LogP contribution in [0.1, 0.15) is 73.6 Å². The summed E-state index contributed by atoms with van der Waals surface area (Å²) in [5.41, 5.74) is 2.37. The van der Waals surface area contributed by atoms with Crippen molar-refractivity contribution in [1.29, 1.82) is 5.26 Å². The fourth-order valence-corrected chi connectivity index (χ4v) is 5.01. The second kappa shape index (κ2) is 9.88. The molecule has 1 saturated carbocycles. The molecule has 1 N–H and O–H groups in total. The molecule has 1 amide bonds. The quantitative estimate of drug-likeness (QED) is 0.635. The summed E-state index contributed by atoms with van der Waals surface area (Å²) in [5.74, 6) is 1.51. The van der Waals surface area contributed by atoms with E-state index in [2.05, 4.69) is 21.6 Å². The molecule has 4 rings (SSSR count). The minimum absolute atomic E-state index is 0.110. The molecule has 166 valence electrons. The number of nitrogens with one attached hydrogen (secondary N) is 1. The molecular formula is C22H29N5O3S. The fraction of sp³-hybridized carbons (Fsp3) is 0.636. The highest BCUT2D eigenvalue weighted by Crippen LogP contribution is 2.33. The Labute approximate surface area is 186 Å². The summed E-state index contributed by atoms with van der Waals surface area (Å²) in [6, 6.07) is 2.24. The summed E-state index contributed by atoms with van der Waals surface area (Å²) < 4.78 is 13.6. The van der Waals surface area contributed by atoms with Crippen molar-refractivity contribution < 1.29 is 13.9 Å². The largest absolute Gasteiger partial charge is 0.416 e. The molecule has 2 aromatic heterocycles. The number of nitrogens with zero attached hydrogens (tertiary/aromatic N) is 4. The van der Waals surface area contributed by atoms with E-state index in [0.29, 0.717) is 35.0 Å². The minimum atomic E-state index is -0.204. The number of carbonyl (C=O) groups is 1. The highest BCUT2D eigenvalue weighted by atomic mass is 32.2. The number of rotatable bonds is 7. The van der Waals surface area contributed by atoms with Crippen molar-refractivity contribution in [1.82, 2.24) is 14.8 Å². The monoisotopic (exact) mass is 443 g/mol. The first-order chi connectivity index (χ1) is 15.1. The lowest BCUT2D eigenvalue weighted by Crippen LogP contribution is -2.22. The number of aromatic nitrogens is 3. The van der Waals surface area contributed by atoms with E-state index >= 15 is 0 Å². The van der Waals surface area contributed by atoms with Gasteiger partial charge in [0.15, 0.2) is 0 Å². The second-order valence-corrected chi connectivity index (χ2v) is 9.30. The van der Waals surface area contributed by atoms with Crippen molar-refractivity contribution >= 4 is 23.5 Å². The van der Waals surface area contributed by atoms with Gasteiger partial charge in [0, 0.05) is 18.2 Å². The van der Waals surface area contributed by atoms with Crippen LogP contribution in [-0.2, 0) is 16.1 Å². The standard InChI is InChI=1S/C22H29N5O3S/c1-14-15(2)27(12-17-9-6-10-29-17)20(18(14)11-23)24-19(28)13-31-22-26-25-21(30-22)16-7-4-3-5-8-16/h16-17H,3-10,12-13H2,1-2H3,(H,24,28). The van der Waals surface area contributed by atoms with E-state index in [1.165, 1.54) is 31.0 Å². The lowest BCUT2D eigenvalue weighted by molar-refractivity contribution is -0.113. The maximum atomic E-state index is 12.7. The van der Waals surface area contributed by atoms with Gasteiger partial charge in [-0.05, 0) is 45.1 Å². The molecule has 0 radical (unpaired) electrons. The van der Waals surface area contributed by atoms with Gasteiger partial charge >= 0.3 is 0 Å². The molecule has 9 heteroatoms. The molecule has 1 atom stereocenters. The minimum Gasteiger partial charge on any atom is -0.416 e. The average molecular weight is 444 g/mol. The second-order valence-electron chi connectivity index (χ2n) is 8.37. The van der Waals surface area contributed by atoms with Crippen LogP contribution < -0.4 is 5.32 Å². The van der Waals surface area contributed by atoms with E-state index in [1.54, 1.807) is 0 Å². The first-order valence-corrected chi connectivity index (χ1v) is 12.0. The van der Waals surface area contributed by atoms with Gasteiger partial charge < -0.3 is 19.0 Å². The number of hydrogen-bond acceptors (Lipinski definition) is 7. The Hall–Kier alpha value is -2.31. The van der Waals surface area contributed by atoms with E-state index < -0.39 is 0 Å². The van der Waals surface area contributed by atoms with Gasteiger partial charge in [-0.25, -0.2) is 0 Å². The van der Waals surface area contributed by atoms with Crippen molar-refractivity contribution in [3.05, 3.63) is 22.7 Å². The lowest BCUT2D eigenvalue weighted by Gasteiger charge is -2.17. The van der Waals surface area contributed by atoms with Crippen molar-refractivity contribution in [3.8, 4) is 6.07 Å². The zero-order valence-electron chi connectivity index (χ0n) is 18.1. The number of anilines is 1. The molecule has 31 heavy (non-hydrogen) atoms. The summed E-state index contributed by atoms with van der Waals surface area (Å²) in [7, 11) is 0. The molecular weight excluding hydrogens is 414 g/mol.